The number of ether oxygens (including phenoxy) is 1. The third kappa shape index (κ3) is 3.48. The molecule has 0 bridgehead atoms. The Balaban J connectivity index is 1.66. The highest BCUT2D eigenvalue weighted by molar-refractivity contribution is 8.01. The maximum Gasteiger partial charge on any atom is 0.180 e. The van der Waals surface area contributed by atoms with E-state index >= 15 is 0 Å². The zero-order chi connectivity index (χ0) is 18.0. The number of fused-ring (bicyclic) bond motifs is 1. The van der Waals surface area contributed by atoms with E-state index in [1.165, 1.54) is 0 Å². The molecule has 4 rings (SSSR count). The van der Waals surface area contributed by atoms with Gasteiger partial charge in [-0.2, -0.15) is 0 Å². The fraction of sp³-hybridized carbons (Fsp3) is 0.150. The van der Waals surface area contributed by atoms with Gasteiger partial charge in [0.25, 0.3) is 0 Å². The van der Waals surface area contributed by atoms with Crippen LogP contribution in [0, 0.1) is 0 Å². The molecule has 0 aliphatic carbocycles. The molecule has 0 N–H and O–H groups in total. The predicted octanol–water partition coefficient (Wildman–Crippen LogP) is 4.28. The van der Waals surface area contributed by atoms with Crippen molar-refractivity contribution in [1.82, 2.24) is 4.98 Å². The lowest BCUT2D eigenvalue weighted by Gasteiger charge is -2.15. The van der Waals surface area contributed by atoms with Gasteiger partial charge in [0, 0.05) is 22.9 Å². The summed E-state index contributed by atoms with van der Waals surface area (Å²) in [4.78, 5) is 5.43. The molecule has 1 aliphatic rings. The Morgan fingerprint density at radius 2 is 1.77 bits per heavy atom. The highest BCUT2D eigenvalue weighted by Gasteiger charge is 2.37. The van der Waals surface area contributed by atoms with Gasteiger partial charge >= 0.3 is 0 Å². The second kappa shape index (κ2) is 7.13. The number of sulfone groups is 1. The Kier molecular flexibility index (Phi) is 4.70. The van der Waals surface area contributed by atoms with E-state index < -0.39 is 9.84 Å². The summed E-state index contributed by atoms with van der Waals surface area (Å²) in [5.41, 5.74) is 1.76. The molecule has 0 fully saturated rings. The molecule has 4 nitrogen and oxygen atoms in total. The van der Waals surface area contributed by atoms with Crippen LogP contribution in [-0.2, 0) is 16.4 Å². The van der Waals surface area contributed by atoms with E-state index in [9.17, 15) is 8.42 Å². The first-order chi connectivity index (χ1) is 12.6. The first kappa shape index (κ1) is 17.1. The highest BCUT2D eigenvalue weighted by atomic mass is 32.2. The van der Waals surface area contributed by atoms with Crippen LogP contribution >= 0.6 is 11.8 Å². The molecule has 1 aliphatic heterocycles. The van der Waals surface area contributed by atoms with Crippen molar-refractivity contribution in [3.63, 3.8) is 0 Å². The molecule has 0 saturated carbocycles. The molecule has 1 aromatic heterocycles. The van der Waals surface area contributed by atoms with E-state index in [2.05, 4.69) is 4.98 Å². The van der Waals surface area contributed by atoms with Crippen molar-refractivity contribution in [1.29, 1.82) is 0 Å². The summed E-state index contributed by atoms with van der Waals surface area (Å²) in [6.45, 7) is 0.377. The van der Waals surface area contributed by atoms with Crippen molar-refractivity contribution in [3.8, 4) is 5.75 Å². The molecule has 0 radical (unpaired) electrons. The van der Waals surface area contributed by atoms with Crippen LogP contribution in [0.15, 0.2) is 82.8 Å². The standard InChI is InChI=1S/C20H17NO3S2/c22-26(23)14-18(25-16-5-2-1-3-6-16)20-17(7-4-8-19(20)26)24-13-15-9-11-21-12-10-15/h1-12,18H,13-14H2. The summed E-state index contributed by atoms with van der Waals surface area (Å²) in [5, 5.41) is -0.175. The number of hydrogen-bond acceptors (Lipinski definition) is 5. The average molecular weight is 383 g/mol. The Morgan fingerprint density at radius 3 is 2.54 bits per heavy atom. The second-order valence-electron chi connectivity index (χ2n) is 6.01. The summed E-state index contributed by atoms with van der Waals surface area (Å²) < 4.78 is 31.2. The van der Waals surface area contributed by atoms with Crippen molar-refractivity contribution < 1.29 is 13.2 Å². The van der Waals surface area contributed by atoms with E-state index in [1.807, 2.05) is 48.5 Å². The molecule has 2 aromatic carbocycles. The minimum atomic E-state index is -3.29. The first-order valence-electron chi connectivity index (χ1n) is 8.22. The lowest BCUT2D eigenvalue weighted by molar-refractivity contribution is 0.302. The number of rotatable bonds is 5. The van der Waals surface area contributed by atoms with Gasteiger partial charge in [-0.3, -0.25) is 4.98 Å². The zero-order valence-electron chi connectivity index (χ0n) is 13.9. The summed E-state index contributed by atoms with van der Waals surface area (Å²) in [6, 6.07) is 18.9. The first-order valence-corrected chi connectivity index (χ1v) is 10.8. The van der Waals surface area contributed by atoms with E-state index in [4.69, 9.17) is 4.74 Å². The van der Waals surface area contributed by atoms with Gasteiger partial charge < -0.3 is 4.74 Å². The van der Waals surface area contributed by atoms with Gasteiger partial charge in [0.2, 0.25) is 0 Å². The Labute approximate surface area is 157 Å². The molecule has 0 saturated heterocycles. The van der Waals surface area contributed by atoms with Crippen LogP contribution in [0.3, 0.4) is 0 Å². The fourth-order valence-corrected chi connectivity index (χ4v) is 6.50. The quantitative estimate of drug-likeness (QED) is 0.658. The molecule has 0 spiro atoms. The molecule has 0 amide bonds. The zero-order valence-corrected chi connectivity index (χ0v) is 15.5. The van der Waals surface area contributed by atoms with E-state index in [-0.39, 0.29) is 11.0 Å². The fourth-order valence-electron chi connectivity index (χ4n) is 3.01. The normalized spacial score (nSPS) is 17.6. The van der Waals surface area contributed by atoms with Crippen LogP contribution in [0.1, 0.15) is 16.4 Å². The van der Waals surface area contributed by atoms with Gasteiger partial charge in [-0.1, -0.05) is 24.3 Å². The van der Waals surface area contributed by atoms with E-state index in [1.54, 1.807) is 36.3 Å². The average Bonchev–Trinajstić information content (AvgIpc) is 2.92. The molecule has 26 heavy (non-hydrogen) atoms. The smallest absolute Gasteiger partial charge is 0.180 e. The Morgan fingerprint density at radius 1 is 1.00 bits per heavy atom. The Hall–Kier alpha value is -2.31. The maximum atomic E-state index is 12.6. The van der Waals surface area contributed by atoms with E-state index in [0.717, 1.165) is 16.0 Å². The Bertz CT molecular complexity index is 1010. The van der Waals surface area contributed by atoms with Crippen molar-refractivity contribution in [2.45, 2.75) is 21.6 Å². The third-order valence-electron chi connectivity index (χ3n) is 4.22. The van der Waals surface area contributed by atoms with Gasteiger partial charge in [0.15, 0.2) is 9.84 Å². The van der Waals surface area contributed by atoms with Gasteiger partial charge in [-0.05, 0) is 42.0 Å². The van der Waals surface area contributed by atoms with Crippen molar-refractivity contribution in [2.24, 2.45) is 0 Å². The largest absolute Gasteiger partial charge is 0.489 e. The van der Waals surface area contributed by atoms with Gasteiger partial charge in [0.05, 0.1) is 15.9 Å². The minimum Gasteiger partial charge on any atom is -0.489 e. The summed E-state index contributed by atoms with van der Waals surface area (Å²) in [5.74, 6) is 0.728. The monoisotopic (exact) mass is 383 g/mol. The number of aromatic nitrogens is 1. The third-order valence-corrected chi connectivity index (χ3v) is 7.46. The number of nitrogens with zero attached hydrogens (tertiary/aromatic N) is 1. The molecule has 1 unspecified atom stereocenters. The van der Waals surface area contributed by atoms with Crippen LogP contribution in [0.5, 0.6) is 5.75 Å². The highest BCUT2D eigenvalue weighted by Crippen LogP contribution is 2.48. The lowest BCUT2D eigenvalue weighted by atomic mass is 10.1. The second-order valence-corrected chi connectivity index (χ2v) is 9.29. The van der Waals surface area contributed by atoms with Crippen LogP contribution < -0.4 is 4.74 Å². The topological polar surface area (TPSA) is 56.3 Å². The summed E-state index contributed by atoms with van der Waals surface area (Å²) in [6.07, 6.45) is 3.43. The summed E-state index contributed by atoms with van der Waals surface area (Å²) >= 11 is 1.56. The molecule has 1 atom stereocenters. The lowest BCUT2D eigenvalue weighted by Crippen LogP contribution is -2.01. The predicted molar refractivity (Wildman–Crippen MR) is 102 cm³/mol. The molecular weight excluding hydrogens is 366 g/mol. The van der Waals surface area contributed by atoms with Gasteiger partial charge in [0.1, 0.15) is 12.4 Å². The maximum absolute atomic E-state index is 12.6. The molecule has 6 heteroatoms. The van der Waals surface area contributed by atoms with Crippen LogP contribution in [0.2, 0.25) is 0 Å². The number of hydrogen-bond donors (Lipinski definition) is 0. The molecular formula is C20H17NO3S2. The van der Waals surface area contributed by atoms with Crippen LogP contribution in [0.25, 0.3) is 0 Å². The number of pyridine rings is 1. The van der Waals surface area contributed by atoms with Crippen molar-refractivity contribution >= 4 is 21.6 Å². The van der Waals surface area contributed by atoms with Gasteiger partial charge in [-0.25, -0.2) is 8.42 Å². The SMILES string of the molecule is O=S1(=O)CC(Sc2ccccc2)c2c(OCc3ccncc3)cccc21. The van der Waals surface area contributed by atoms with Crippen molar-refractivity contribution in [3.05, 3.63) is 84.2 Å². The minimum absolute atomic E-state index is 0.0948. The van der Waals surface area contributed by atoms with Crippen LogP contribution in [-0.4, -0.2) is 19.2 Å². The van der Waals surface area contributed by atoms with E-state index in [0.29, 0.717) is 17.3 Å². The molecule has 2 heterocycles. The van der Waals surface area contributed by atoms with Gasteiger partial charge in [-0.15, -0.1) is 11.8 Å². The van der Waals surface area contributed by atoms with Crippen LogP contribution in [0.4, 0.5) is 0 Å². The van der Waals surface area contributed by atoms with Crippen molar-refractivity contribution in [2.75, 3.05) is 5.75 Å². The number of benzene rings is 2. The number of thioether (sulfide) groups is 1. The molecule has 3 aromatic rings. The summed E-state index contributed by atoms with van der Waals surface area (Å²) in [7, 11) is -3.29. The molecule has 132 valence electrons.